The normalized spacial score (nSPS) is 12.1. The summed E-state index contributed by atoms with van der Waals surface area (Å²) in [6, 6.07) is 11.6. The fourth-order valence-electron chi connectivity index (χ4n) is 2.71. The lowest BCUT2D eigenvalue weighted by atomic mass is 10.1. The van der Waals surface area contributed by atoms with Crippen molar-refractivity contribution >= 4 is 33.4 Å². The van der Waals surface area contributed by atoms with Crippen LogP contribution in [-0.4, -0.2) is 32.7 Å². The molecule has 2 aromatic heterocycles. The summed E-state index contributed by atoms with van der Waals surface area (Å²) in [5.41, 5.74) is 3.70. The largest absolute Gasteiger partial charge is 0.394 e. The van der Waals surface area contributed by atoms with E-state index in [0.29, 0.717) is 11.8 Å². The topological polar surface area (TPSA) is 83.0 Å². The highest BCUT2D eigenvalue weighted by molar-refractivity contribution is 9.10. The lowest BCUT2D eigenvalue weighted by Gasteiger charge is -2.21. The van der Waals surface area contributed by atoms with Gasteiger partial charge in [-0.25, -0.2) is 4.98 Å². The molecule has 0 radical (unpaired) electrons. The Morgan fingerprint density at radius 1 is 1.14 bits per heavy atom. The van der Waals surface area contributed by atoms with Crippen LogP contribution in [0.15, 0.2) is 53.3 Å². The first kappa shape index (κ1) is 20.2. The van der Waals surface area contributed by atoms with Crippen LogP contribution in [0.25, 0.3) is 11.3 Å². The molecular weight excluding hydrogens is 418 g/mol. The molecule has 0 fully saturated rings. The van der Waals surface area contributed by atoms with Crippen molar-refractivity contribution in [2.75, 3.05) is 17.2 Å². The predicted molar refractivity (Wildman–Crippen MR) is 117 cm³/mol. The van der Waals surface area contributed by atoms with Crippen molar-refractivity contribution in [2.24, 2.45) is 5.92 Å². The summed E-state index contributed by atoms with van der Waals surface area (Å²) in [7, 11) is 0. The van der Waals surface area contributed by atoms with Crippen LogP contribution in [0, 0.1) is 12.8 Å². The average molecular weight is 442 g/mol. The molecule has 2 heterocycles. The highest BCUT2D eigenvalue weighted by Crippen LogP contribution is 2.28. The van der Waals surface area contributed by atoms with Gasteiger partial charge >= 0.3 is 0 Å². The summed E-state index contributed by atoms with van der Waals surface area (Å²) >= 11 is 3.56. The molecule has 146 valence electrons. The number of aromatic nitrogens is 3. The minimum atomic E-state index is -0.135. The van der Waals surface area contributed by atoms with Gasteiger partial charge < -0.3 is 15.7 Å². The Labute approximate surface area is 173 Å². The Morgan fingerprint density at radius 3 is 2.64 bits per heavy atom. The zero-order chi connectivity index (χ0) is 20.1. The van der Waals surface area contributed by atoms with Gasteiger partial charge in [0.25, 0.3) is 0 Å². The number of pyridine rings is 1. The Bertz CT molecular complexity index is 933. The average Bonchev–Trinajstić information content (AvgIpc) is 2.70. The molecular formula is C21H24BrN5O. The lowest BCUT2D eigenvalue weighted by molar-refractivity contribution is 0.248. The van der Waals surface area contributed by atoms with E-state index < -0.39 is 0 Å². The molecule has 3 aromatic rings. The first-order valence-electron chi connectivity index (χ1n) is 9.17. The van der Waals surface area contributed by atoms with Gasteiger partial charge in [-0.2, -0.15) is 4.98 Å². The van der Waals surface area contributed by atoms with Crippen LogP contribution in [0.3, 0.4) is 0 Å². The minimum Gasteiger partial charge on any atom is -0.394 e. The first-order chi connectivity index (χ1) is 13.5. The van der Waals surface area contributed by atoms with Crippen molar-refractivity contribution < 1.29 is 5.11 Å². The predicted octanol–water partition coefficient (Wildman–Crippen LogP) is 4.78. The molecule has 6 nitrogen and oxygen atoms in total. The number of halogens is 1. The van der Waals surface area contributed by atoms with Crippen LogP contribution in [-0.2, 0) is 0 Å². The molecule has 0 saturated heterocycles. The SMILES string of the molecule is Cc1c(Br)cccc1Nc1cc(-c2cccnc2)nc(N[C@H](CO)C(C)C)n1. The molecule has 28 heavy (non-hydrogen) atoms. The Morgan fingerprint density at radius 2 is 1.96 bits per heavy atom. The summed E-state index contributed by atoms with van der Waals surface area (Å²) in [6.07, 6.45) is 3.50. The maximum absolute atomic E-state index is 9.67. The van der Waals surface area contributed by atoms with Crippen molar-refractivity contribution in [3.63, 3.8) is 0 Å². The van der Waals surface area contributed by atoms with Gasteiger partial charge in [0.15, 0.2) is 0 Å². The quantitative estimate of drug-likeness (QED) is 0.489. The molecule has 0 aliphatic heterocycles. The van der Waals surface area contributed by atoms with Crippen LogP contribution in [0.1, 0.15) is 19.4 Å². The standard InChI is InChI=1S/C21H24BrN5O/c1-13(2)19(12-28)26-21-25-18(15-6-5-9-23-11-15)10-20(27-21)24-17-8-4-7-16(22)14(17)3/h4-11,13,19,28H,12H2,1-3H3,(H2,24,25,26,27)/t19-/m1/s1. The summed E-state index contributed by atoms with van der Waals surface area (Å²) in [4.78, 5) is 13.4. The molecule has 0 spiro atoms. The Hall–Kier alpha value is -2.51. The zero-order valence-electron chi connectivity index (χ0n) is 16.1. The molecule has 0 aliphatic carbocycles. The van der Waals surface area contributed by atoms with Gasteiger partial charge in [0, 0.05) is 34.2 Å². The van der Waals surface area contributed by atoms with E-state index >= 15 is 0 Å². The van der Waals surface area contributed by atoms with Crippen molar-refractivity contribution in [3.05, 3.63) is 58.8 Å². The van der Waals surface area contributed by atoms with E-state index in [0.717, 1.165) is 27.0 Å². The summed E-state index contributed by atoms with van der Waals surface area (Å²) < 4.78 is 1.03. The van der Waals surface area contributed by atoms with Gasteiger partial charge in [0.2, 0.25) is 5.95 Å². The minimum absolute atomic E-state index is 0.00560. The third-order valence-corrected chi connectivity index (χ3v) is 5.39. The van der Waals surface area contributed by atoms with Crippen molar-refractivity contribution in [3.8, 4) is 11.3 Å². The number of rotatable bonds is 7. The highest BCUT2D eigenvalue weighted by atomic mass is 79.9. The molecule has 7 heteroatoms. The summed E-state index contributed by atoms with van der Waals surface area (Å²) in [5.74, 6) is 1.36. The molecule has 0 unspecified atom stereocenters. The number of aliphatic hydroxyl groups excluding tert-OH is 1. The maximum atomic E-state index is 9.67. The lowest BCUT2D eigenvalue weighted by Crippen LogP contribution is -2.30. The second kappa shape index (κ2) is 9.12. The van der Waals surface area contributed by atoms with E-state index in [2.05, 4.69) is 41.5 Å². The van der Waals surface area contributed by atoms with Crippen LogP contribution in [0.5, 0.6) is 0 Å². The number of anilines is 3. The Kier molecular flexibility index (Phi) is 6.59. The van der Waals surface area contributed by atoms with Crippen molar-refractivity contribution in [1.82, 2.24) is 15.0 Å². The van der Waals surface area contributed by atoms with Crippen molar-refractivity contribution in [1.29, 1.82) is 0 Å². The van der Waals surface area contributed by atoms with Crippen molar-refractivity contribution in [2.45, 2.75) is 26.8 Å². The molecule has 0 amide bonds. The second-order valence-corrected chi connectivity index (χ2v) is 7.77. The van der Waals surface area contributed by atoms with E-state index in [1.165, 1.54) is 0 Å². The van der Waals surface area contributed by atoms with E-state index in [1.54, 1.807) is 12.4 Å². The number of hydrogen-bond donors (Lipinski definition) is 3. The van der Waals surface area contributed by atoms with Crippen LogP contribution in [0.4, 0.5) is 17.5 Å². The molecule has 0 bridgehead atoms. The first-order valence-corrected chi connectivity index (χ1v) is 9.96. The van der Waals surface area contributed by atoms with E-state index in [4.69, 9.17) is 0 Å². The van der Waals surface area contributed by atoms with Gasteiger partial charge in [-0.15, -0.1) is 0 Å². The Balaban J connectivity index is 2.00. The fourth-order valence-corrected chi connectivity index (χ4v) is 3.07. The van der Waals surface area contributed by atoms with Gasteiger partial charge in [-0.3, -0.25) is 4.98 Å². The van der Waals surface area contributed by atoms with Gasteiger partial charge in [0.05, 0.1) is 18.3 Å². The van der Waals surface area contributed by atoms with Gasteiger partial charge in [0.1, 0.15) is 5.82 Å². The van der Waals surface area contributed by atoms with E-state index in [9.17, 15) is 5.11 Å². The number of nitrogens with one attached hydrogen (secondary N) is 2. The third-order valence-electron chi connectivity index (χ3n) is 4.53. The maximum Gasteiger partial charge on any atom is 0.225 e. The molecule has 3 N–H and O–H groups in total. The number of nitrogens with zero attached hydrogens (tertiary/aromatic N) is 3. The number of hydrogen-bond acceptors (Lipinski definition) is 6. The molecule has 1 aromatic carbocycles. The summed E-state index contributed by atoms with van der Waals surface area (Å²) in [6.45, 7) is 6.13. The highest BCUT2D eigenvalue weighted by Gasteiger charge is 2.15. The fraction of sp³-hybridized carbons (Fsp3) is 0.286. The monoisotopic (exact) mass is 441 g/mol. The van der Waals surface area contributed by atoms with E-state index in [-0.39, 0.29) is 18.6 Å². The van der Waals surface area contributed by atoms with Gasteiger partial charge in [-0.1, -0.05) is 35.8 Å². The smallest absolute Gasteiger partial charge is 0.225 e. The molecule has 1 atom stereocenters. The van der Waals surface area contributed by atoms with Crippen LogP contribution >= 0.6 is 15.9 Å². The van der Waals surface area contributed by atoms with E-state index in [1.807, 2.05) is 57.2 Å². The second-order valence-electron chi connectivity index (χ2n) is 6.92. The number of benzene rings is 1. The zero-order valence-corrected chi connectivity index (χ0v) is 17.7. The van der Waals surface area contributed by atoms with Gasteiger partial charge in [-0.05, 0) is 42.7 Å². The number of aliphatic hydroxyl groups is 1. The molecule has 0 saturated carbocycles. The van der Waals surface area contributed by atoms with Crippen LogP contribution < -0.4 is 10.6 Å². The van der Waals surface area contributed by atoms with Crippen LogP contribution in [0.2, 0.25) is 0 Å². The molecule has 3 rings (SSSR count). The molecule has 0 aliphatic rings. The third kappa shape index (κ3) is 4.85. The summed E-state index contributed by atoms with van der Waals surface area (Å²) in [5, 5.41) is 16.3.